The Hall–Kier alpha value is -2.16. The van der Waals surface area contributed by atoms with Crippen molar-refractivity contribution < 1.29 is 14.3 Å². The van der Waals surface area contributed by atoms with Gasteiger partial charge < -0.3 is 4.74 Å². The molecule has 0 N–H and O–H groups in total. The summed E-state index contributed by atoms with van der Waals surface area (Å²) in [4.78, 5) is 20.9. The predicted molar refractivity (Wildman–Crippen MR) is 61.0 cm³/mol. The zero-order valence-electron chi connectivity index (χ0n) is 8.52. The average molecular weight is 206 g/mol. The molecule has 0 aromatic carbocycles. The van der Waals surface area contributed by atoms with E-state index in [9.17, 15) is 9.59 Å². The van der Waals surface area contributed by atoms with Crippen LogP contribution in [0.1, 0.15) is 0 Å². The number of rotatable bonds is 6. The van der Waals surface area contributed by atoms with Gasteiger partial charge in [0.05, 0.1) is 12.5 Å². The minimum atomic E-state index is -0.282. The topological polar surface area (TPSA) is 43.4 Å². The van der Waals surface area contributed by atoms with Gasteiger partial charge in [0.15, 0.2) is 11.6 Å². The first-order valence-electron chi connectivity index (χ1n) is 4.00. The monoisotopic (exact) mass is 206 g/mol. The first-order chi connectivity index (χ1) is 7.12. The highest BCUT2D eigenvalue weighted by molar-refractivity contribution is 6.06. The molecule has 0 amide bonds. The fourth-order valence-corrected chi connectivity index (χ4v) is 0.368. The molecule has 0 spiro atoms. The maximum absolute atomic E-state index is 10.4. The van der Waals surface area contributed by atoms with Crippen molar-refractivity contribution in [3.8, 4) is 0 Å². The van der Waals surface area contributed by atoms with E-state index in [2.05, 4.69) is 31.1 Å². The smallest absolute Gasteiger partial charge is 0.178 e. The minimum Gasteiger partial charge on any atom is -0.474 e. The third kappa shape index (κ3) is 14.7. The quantitative estimate of drug-likeness (QED) is 0.495. The standard InChI is InChI=1S/C8H8O2.C4H6O/c1-3-7(9)5-6-8(10)4-2;1-3-5-4-2/h3-6H,1-2H2;3-4H,1-2H2. The van der Waals surface area contributed by atoms with Crippen molar-refractivity contribution >= 4 is 11.6 Å². The fourth-order valence-electron chi connectivity index (χ4n) is 0.368. The van der Waals surface area contributed by atoms with E-state index in [4.69, 9.17) is 0 Å². The molecule has 80 valence electrons. The summed E-state index contributed by atoms with van der Waals surface area (Å²) in [6.07, 6.45) is 7.19. The van der Waals surface area contributed by atoms with Crippen LogP contribution in [0.3, 0.4) is 0 Å². The van der Waals surface area contributed by atoms with Crippen LogP contribution in [0.25, 0.3) is 0 Å². The largest absolute Gasteiger partial charge is 0.474 e. The van der Waals surface area contributed by atoms with Crippen molar-refractivity contribution in [3.63, 3.8) is 0 Å². The maximum atomic E-state index is 10.4. The summed E-state index contributed by atoms with van der Waals surface area (Å²) in [6.45, 7) is 13.0. The molecule has 3 heteroatoms. The predicted octanol–water partition coefficient (Wildman–Crippen LogP) is 2.34. The number of carbonyl (C=O) groups excluding carboxylic acids is 2. The Morgan fingerprint density at radius 3 is 1.27 bits per heavy atom. The molecular weight excluding hydrogens is 192 g/mol. The first kappa shape index (κ1) is 15.3. The molecule has 0 fully saturated rings. The van der Waals surface area contributed by atoms with Crippen LogP contribution < -0.4 is 0 Å². The summed E-state index contributed by atoms with van der Waals surface area (Å²) in [5.74, 6) is -0.564. The van der Waals surface area contributed by atoms with E-state index in [0.29, 0.717) is 0 Å². The van der Waals surface area contributed by atoms with Gasteiger partial charge >= 0.3 is 0 Å². The van der Waals surface area contributed by atoms with Gasteiger partial charge in [-0.3, -0.25) is 9.59 Å². The molecule has 0 saturated carbocycles. The van der Waals surface area contributed by atoms with Gasteiger partial charge in [0, 0.05) is 0 Å². The molecule has 0 heterocycles. The Morgan fingerprint density at radius 2 is 1.13 bits per heavy atom. The molecule has 0 aliphatic heterocycles. The highest BCUT2D eigenvalue weighted by Crippen LogP contribution is 1.80. The molecule has 15 heavy (non-hydrogen) atoms. The molecule has 0 aliphatic carbocycles. The molecule has 0 radical (unpaired) electrons. The second-order valence-electron chi connectivity index (χ2n) is 2.02. The van der Waals surface area contributed by atoms with Crippen molar-refractivity contribution in [3.05, 3.63) is 63.1 Å². The second kappa shape index (κ2) is 11.8. The Labute approximate surface area is 89.7 Å². The Bertz CT molecular complexity index is 257. The van der Waals surface area contributed by atoms with Crippen molar-refractivity contribution in [2.24, 2.45) is 0 Å². The lowest BCUT2D eigenvalue weighted by atomic mass is 10.3. The van der Waals surface area contributed by atoms with Gasteiger partial charge in [-0.2, -0.15) is 0 Å². The number of ketones is 2. The number of ether oxygens (including phenoxy) is 1. The summed E-state index contributed by atoms with van der Waals surface area (Å²) in [5.41, 5.74) is 0. The SMILES string of the molecule is C=CC(=O)C=CC(=O)C=C.C=COC=C. The van der Waals surface area contributed by atoms with Gasteiger partial charge in [-0.15, -0.1) is 0 Å². The molecular formula is C12H14O3. The van der Waals surface area contributed by atoms with E-state index in [1.54, 1.807) is 0 Å². The molecule has 0 saturated heterocycles. The van der Waals surface area contributed by atoms with Crippen LogP contribution in [0, 0.1) is 0 Å². The number of carbonyl (C=O) groups is 2. The van der Waals surface area contributed by atoms with Crippen LogP contribution in [0.5, 0.6) is 0 Å². The first-order valence-corrected chi connectivity index (χ1v) is 4.00. The molecule has 0 aromatic rings. The number of allylic oxidation sites excluding steroid dienone is 4. The lowest BCUT2D eigenvalue weighted by Gasteiger charge is -1.78. The van der Waals surface area contributed by atoms with E-state index in [-0.39, 0.29) is 11.6 Å². The van der Waals surface area contributed by atoms with E-state index in [1.165, 1.54) is 12.5 Å². The van der Waals surface area contributed by atoms with Gasteiger partial charge in [0.25, 0.3) is 0 Å². The molecule has 0 aromatic heterocycles. The van der Waals surface area contributed by atoms with E-state index in [0.717, 1.165) is 24.3 Å². The zero-order chi connectivity index (χ0) is 12.1. The summed E-state index contributed by atoms with van der Waals surface area (Å²) in [7, 11) is 0. The van der Waals surface area contributed by atoms with Crippen molar-refractivity contribution in [1.82, 2.24) is 0 Å². The van der Waals surface area contributed by atoms with Gasteiger partial charge in [0.2, 0.25) is 0 Å². The molecule has 0 unspecified atom stereocenters. The normalized spacial score (nSPS) is 8.00. The molecule has 0 atom stereocenters. The average Bonchev–Trinajstić information content (AvgIpc) is 2.27. The van der Waals surface area contributed by atoms with Crippen LogP contribution in [0.15, 0.2) is 63.1 Å². The highest BCUT2D eigenvalue weighted by atomic mass is 16.5. The van der Waals surface area contributed by atoms with Gasteiger partial charge in [0.1, 0.15) is 0 Å². The molecule has 0 rings (SSSR count). The van der Waals surface area contributed by atoms with Gasteiger partial charge in [-0.05, 0) is 24.3 Å². The summed E-state index contributed by atoms with van der Waals surface area (Å²) >= 11 is 0. The Morgan fingerprint density at radius 1 is 0.800 bits per heavy atom. The van der Waals surface area contributed by atoms with Crippen LogP contribution in [0.2, 0.25) is 0 Å². The summed E-state index contributed by atoms with van der Waals surface area (Å²) in [6, 6.07) is 0. The van der Waals surface area contributed by atoms with Crippen LogP contribution >= 0.6 is 0 Å². The Balaban J connectivity index is 0. The van der Waals surface area contributed by atoms with E-state index in [1.807, 2.05) is 0 Å². The fraction of sp³-hybridized carbons (Fsp3) is 0. The van der Waals surface area contributed by atoms with Crippen LogP contribution in [-0.4, -0.2) is 11.6 Å². The number of hydrogen-bond donors (Lipinski definition) is 0. The third-order valence-corrected chi connectivity index (χ3v) is 1.01. The summed E-state index contributed by atoms with van der Waals surface area (Å²) in [5, 5.41) is 0. The van der Waals surface area contributed by atoms with Gasteiger partial charge in [-0.1, -0.05) is 26.3 Å². The van der Waals surface area contributed by atoms with Gasteiger partial charge in [-0.25, -0.2) is 0 Å². The lowest BCUT2D eigenvalue weighted by Crippen LogP contribution is -1.88. The Kier molecular flexibility index (Phi) is 12.1. The van der Waals surface area contributed by atoms with Crippen LogP contribution in [-0.2, 0) is 14.3 Å². The van der Waals surface area contributed by atoms with Crippen molar-refractivity contribution in [2.75, 3.05) is 0 Å². The lowest BCUT2D eigenvalue weighted by molar-refractivity contribution is -0.112. The third-order valence-electron chi connectivity index (χ3n) is 1.01. The van der Waals surface area contributed by atoms with Crippen molar-refractivity contribution in [2.45, 2.75) is 0 Å². The minimum absolute atomic E-state index is 0.282. The second-order valence-corrected chi connectivity index (χ2v) is 2.02. The maximum Gasteiger partial charge on any atom is 0.178 e. The zero-order valence-corrected chi connectivity index (χ0v) is 8.52. The summed E-state index contributed by atoms with van der Waals surface area (Å²) < 4.78 is 4.36. The molecule has 0 aliphatic rings. The van der Waals surface area contributed by atoms with E-state index >= 15 is 0 Å². The van der Waals surface area contributed by atoms with Crippen LogP contribution in [0.4, 0.5) is 0 Å². The molecule has 3 nitrogen and oxygen atoms in total. The number of hydrogen-bond acceptors (Lipinski definition) is 3. The van der Waals surface area contributed by atoms with E-state index < -0.39 is 0 Å². The highest BCUT2D eigenvalue weighted by Gasteiger charge is 1.88. The van der Waals surface area contributed by atoms with Crippen molar-refractivity contribution in [1.29, 1.82) is 0 Å². The molecule has 0 bridgehead atoms.